The molecule has 1 aromatic heterocycles. The van der Waals surface area contributed by atoms with Gasteiger partial charge in [0.2, 0.25) is 5.91 Å². The molecule has 2 N–H and O–H groups in total. The molecule has 2 aromatic rings. The van der Waals surface area contributed by atoms with Crippen LogP contribution in [0.25, 0.3) is 10.8 Å². The van der Waals surface area contributed by atoms with Crippen LogP contribution in [0.5, 0.6) is 5.75 Å². The fraction of sp³-hybridized carbons (Fsp3) is 0.300. The number of amides is 2. The van der Waals surface area contributed by atoms with Crippen LogP contribution >= 0.6 is 0 Å². The van der Waals surface area contributed by atoms with Crippen molar-refractivity contribution in [3.63, 3.8) is 0 Å². The summed E-state index contributed by atoms with van der Waals surface area (Å²) in [6.45, 7) is 2.48. The first-order chi connectivity index (χ1) is 13.5. The molecule has 0 saturated heterocycles. The number of hydrogen-bond acceptors (Lipinski definition) is 6. The van der Waals surface area contributed by atoms with Crippen LogP contribution in [0.3, 0.4) is 0 Å². The Labute approximate surface area is 161 Å². The van der Waals surface area contributed by atoms with E-state index < -0.39 is 5.91 Å². The van der Waals surface area contributed by atoms with Crippen LogP contribution in [0.4, 0.5) is 5.82 Å². The number of pyridine rings is 1. The Balaban J connectivity index is 1.61. The molecule has 4 rings (SSSR count). The van der Waals surface area contributed by atoms with Crippen molar-refractivity contribution >= 4 is 28.4 Å². The zero-order valence-corrected chi connectivity index (χ0v) is 15.4. The number of nitrogens with two attached hydrogens (primary N) is 1. The van der Waals surface area contributed by atoms with Gasteiger partial charge in [-0.1, -0.05) is 0 Å². The lowest BCUT2D eigenvalue weighted by Crippen LogP contribution is -2.34. The molecule has 2 amide bonds. The van der Waals surface area contributed by atoms with E-state index in [1.165, 1.54) is 18.3 Å². The van der Waals surface area contributed by atoms with Crippen molar-refractivity contribution in [2.24, 2.45) is 5.73 Å². The fourth-order valence-electron chi connectivity index (χ4n) is 3.89. The van der Waals surface area contributed by atoms with Crippen LogP contribution in [-0.2, 0) is 4.79 Å². The van der Waals surface area contributed by atoms with E-state index in [0.717, 1.165) is 16.6 Å². The number of rotatable bonds is 4. The Morgan fingerprint density at radius 3 is 2.57 bits per heavy atom. The van der Waals surface area contributed by atoms with Gasteiger partial charge in [-0.3, -0.25) is 9.59 Å². The average molecular weight is 377 g/mol. The first-order valence-corrected chi connectivity index (χ1v) is 8.87. The number of nitrogens with zero attached hydrogens (tertiary/aromatic N) is 4. The summed E-state index contributed by atoms with van der Waals surface area (Å²) in [7, 11) is 1.50. The van der Waals surface area contributed by atoms with Gasteiger partial charge in [0.05, 0.1) is 18.7 Å². The van der Waals surface area contributed by atoms with Crippen molar-refractivity contribution < 1.29 is 14.3 Å². The number of primary amides is 1. The van der Waals surface area contributed by atoms with Gasteiger partial charge in [-0.2, -0.15) is 5.26 Å². The average Bonchev–Trinajstić information content (AvgIpc) is 3.25. The molecule has 0 fully saturated rings. The quantitative estimate of drug-likeness (QED) is 0.802. The molecule has 0 aliphatic carbocycles. The van der Waals surface area contributed by atoms with E-state index in [1.54, 1.807) is 23.2 Å². The molecule has 2 aliphatic heterocycles. The van der Waals surface area contributed by atoms with Crippen molar-refractivity contribution in [1.29, 1.82) is 5.26 Å². The molecule has 2 aliphatic rings. The monoisotopic (exact) mass is 377 g/mol. The Bertz CT molecular complexity index is 1050. The lowest BCUT2D eigenvalue weighted by Gasteiger charge is -2.24. The molecular formula is C20H19N5O3. The number of fused-ring (bicyclic) bond motifs is 1. The van der Waals surface area contributed by atoms with Crippen LogP contribution in [-0.4, -0.2) is 55.0 Å². The summed E-state index contributed by atoms with van der Waals surface area (Å²) in [5.74, 6) is 0.551. The van der Waals surface area contributed by atoms with Gasteiger partial charge >= 0.3 is 0 Å². The summed E-state index contributed by atoms with van der Waals surface area (Å²) in [6.07, 6.45) is 1.62. The maximum Gasteiger partial charge on any atom is 0.252 e. The Hall–Kier alpha value is -3.60. The molecule has 0 radical (unpaired) electrons. The third-order valence-electron chi connectivity index (χ3n) is 5.24. The topological polar surface area (TPSA) is 113 Å². The van der Waals surface area contributed by atoms with Gasteiger partial charge in [0.1, 0.15) is 18.0 Å². The predicted molar refractivity (Wildman–Crippen MR) is 103 cm³/mol. The number of aromatic nitrogens is 1. The molecule has 8 heteroatoms. The molecule has 3 heterocycles. The van der Waals surface area contributed by atoms with Crippen LogP contribution < -0.4 is 15.4 Å². The summed E-state index contributed by atoms with van der Waals surface area (Å²) < 4.78 is 5.34. The molecule has 0 spiro atoms. The SMILES string of the molecule is COc1cc2c(N3CC4=C(CN(C(=O)CC#N)C4)C3)nccc2cc1C(N)=O. The van der Waals surface area contributed by atoms with Gasteiger partial charge in [0.15, 0.2) is 0 Å². The second-order valence-electron chi connectivity index (χ2n) is 6.92. The van der Waals surface area contributed by atoms with E-state index >= 15 is 0 Å². The molecule has 0 saturated carbocycles. The molecule has 0 unspecified atom stereocenters. The maximum atomic E-state index is 12.0. The molecule has 142 valence electrons. The van der Waals surface area contributed by atoms with Gasteiger partial charge in [-0.25, -0.2) is 4.98 Å². The molecule has 1 aromatic carbocycles. The Morgan fingerprint density at radius 2 is 1.96 bits per heavy atom. The van der Waals surface area contributed by atoms with Gasteiger partial charge in [0, 0.05) is 37.8 Å². The van der Waals surface area contributed by atoms with Gasteiger partial charge in [-0.05, 0) is 34.7 Å². The highest BCUT2D eigenvalue weighted by Crippen LogP contribution is 2.35. The number of anilines is 1. The van der Waals surface area contributed by atoms with Crippen LogP contribution in [0, 0.1) is 11.3 Å². The van der Waals surface area contributed by atoms with Gasteiger partial charge < -0.3 is 20.3 Å². The summed E-state index contributed by atoms with van der Waals surface area (Å²) in [5, 5.41) is 10.5. The second kappa shape index (κ2) is 6.85. The largest absolute Gasteiger partial charge is 0.496 e. The van der Waals surface area contributed by atoms with E-state index in [1.807, 2.05) is 12.1 Å². The van der Waals surface area contributed by atoms with Gasteiger partial charge in [0.25, 0.3) is 5.91 Å². The first-order valence-electron chi connectivity index (χ1n) is 8.87. The number of ether oxygens (including phenoxy) is 1. The summed E-state index contributed by atoms with van der Waals surface area (Å²) >= 11 is 0. The second-order valence-corrected chi connectivity index (χ2v) is 6.92. The minimum absolute atomic E-state index is 0.0862. The molecular weight excluding hydrogens is 358 g/mol. The zero-order valence-electron chi connectivity index (χ0n) is 15.4. The van der Waals surface area contributed by atoms with E-state index in [9.17, 15) is 9.59 Å². The Kier molecular flexibility index (Phi) is 4.35. The normalized spacial score (nSPS) is 15.7. The third kappa shape index (κ3) is 2.91. The predicted octanol–water partition coefficient (Wildman–Crippen LogP) is 1.21. The van der Waals surface area contributed by atoms with E-state index in [4.69, 9.17) is 15.7 Å². The van der Waals surface area contributed by atoms with Crippen molar-refractivity contribution in [3.8, 4) is 11.8 Å². The molecule has 0 atom stereocenters. The lowest BCUT2D eigenvalue weighted by atomic mass is 10.1. The summed E-state index contributed by atoms with van der Waals surface area (Å²) in [4.78, 5) is 32.1. The van der Waals surface area contributed by atoms with E-state index in [0.29, 0.717) is 37.5 Å². The van der Waals surface area contributed by atoms with Crippen LogP contribution in [0.2, 0.25) is 0 Å². The molecule has 0 bridgehead atoms. The maximum absolute atomic E-state index is 12.0. The molecule has 8 nitrogen and oxygen atoms in total. The number of carbonyl (C=O) groups excluding carboxylic acids is 2. The summed E-state index contributed by atoms with van der Waals surface area (Å²) in [5.41, 5.74) is 8.19. The van der Waals surface area contributed by atoms with Crippen molar-refractivity contribution in [3.05, 3.63) is 41.1 Å². The highest BCUT2D eigenvalue weighted by atomic mass is 16.5. The minimum Gasteiger partial charge on any atom is -0.496 e. The molecule has 28 heavy (non-hydrogen) atoms. The smallest absolute Gasteiger partial charge is 0.252 e. The highest BCUT2D eigenvalue weighted by molar-refractivity contribution is 6.03. The number of carbonyl (C=O) groups is 2. The number of benzene rings is 1. The number of methoxy groups -OCH3 is 1. The van der Waals surface area contributed by atoms with Crippen LogP contribution in [0.15, 0.2) is 35.5 Å². The number of nitriles is 1. The zero-order chi connectivity index (χ0) is 19.8. The standard InChI is InChI=1S/C20H19N5O3/c1-28-17-7-15-12(6-16(17)19(22)27)3-5-23-20(15)25-10-13-8-24(9-14(13)11-25)18(26)2-4-21/h3,5-7H,2,8-11H2,1H3,(H2,22,27). The van der Waals surface area contributed by atoms with Gasteiger partial charge in [-0.15, -0.1) is 0 Å². The van der Waals surface area contributed by atoms with Crippen molar-refractivity contribution in [2.45, 2.75) is 6.42 Å². The van der Waals surface area contributed by atoms with Crippen molar-refractivity contribution in [1.82, 2.24) is 9.88 Å². The van der Waals surface area contributed by atoms with Crippen LogP contribution in [0.1, 0.15) is 16.8 Å². The fourth-order valence-corrected chi connectivity index (χ4v) is 3.89. The minimum atomic E-state index is -0.541. The summed E-state index contributed by atoms with van der Waals surface area (Å²) in [6, 6.07) is 7.27. The van der Waals surface area contributed by atoms with Crippen molar-refractivity contribution in [2.75, 3.05) is 38.2 Å². The third-order valence-corrected chi connectivity index (χ3v) is 5.24. The van der Waals surface area contributed by atoms with E-state index in [2.05, 4.69) is 9.88 Å². The van der Waals surface area contributed by atoms with E-state index in [-0.39, 0.29) is 12.3 Å². The number of hydrogen-bond donors (Lipinski definition) is 1. The Morgan fingerprint density at radius 1 is 1.25 bits per heavy atom. The highest BCUT2D eigenvalue weighted by Gasteiger charge is 2.33. The first kappa shape index (κ1) is 17.8. The lowest BCUT2D eigenvalue weighted by molar-refractivity contribution is -0.128.